The Kier molecular flexibility index (Phi) is 4.52. The number of nitrogens with two attached hydrogens (primary N) is 2. The Morgan fingerprint density at radius 3 is 2.40 bits per heavy atom. The third kappa shape index (κ3) is 3.05. The first-order valence-corrected chi connectivity index (χ1v) is 6.69. The fourth-order valence-electron chi connectivity index (χ4n) is 2.24. The van der Waals surface area contributed by atoms with Gasteiger partial charge in [0.1, 0.15) is 11.5 Å². The Labute approximate surface area is 118 Å². The largest absolute Gasteiger partial charge is 0.368 e. The monoisotopic (exact) mass is 275 g/mol. The van der Waals surface area contributed by atoms with Crippen LogP contribution in [0.3, 0.4) is 0 Å². The van der Waals surface area contributed by atoms with E-state index in [0.717, 1.165) is 30.3 Å². The van der Waals surface area contributed by atoms with Crippen molar-refractivity contribution >= 4 is 11.8 Å². The lowest BCUT2D eigenvalue weighted by atomic mass is 10.3. The van der Waals surface area contributed by atoms with Crippen LogP contribution in [-0.2, 0) is 7.05 Å². The predicted octanol–water partition coefficient (Wildman–Crippen LogP) is 0.634. The summed E-state index contributed by atoms with van der Waals surface area (Å²) in [5, 5.41) is 4.34. The minimum absolute atomic E-state index is 0.306. The van der Waals surface area contributed by atoms with Crippen LogP contribution in [0.25, 0.3) is 11.4 Å². The van der Waals surface area contributed by atoms with Crippen molar-refractivity contribution in [2.75, 3.05) is 30.8 Å². The maximum absolute atomic E-state index is 5.79. The molecule has 3 rings (SSSR count). The Balaban J connectivity index is 0.000000704. The van der Waals surface area contributed by atoms with E-state index < -0.39 is 0 Å². The molecule has 7 heteroatoms. The topological polar surface area (TPSA) is 98.9 Å². The van der Waals surface area contributed by atoms with Gasteiger partial charge in [-0.1, -0.05) is 0 Å². The molecule has 0 bridgehead atoms. The molecule has 1 fully saturated rings. The van der Waals surface area contributed by atoms with Crippen molar-refractivity contribution in [1.82, 2.24) is 19.7 Å². The van der Waals surface area contributed by atoms with Crippen LogP contribution in [0.1, 0.15) is 12.8 Å². The SMILES string of the molecule is CN.Cn1ccc(-c2cc(N3CCCC3)nc(N)n2)n1. The smallest absolute Gasteiger partial charge is 0.222 e. The lowest BCUT2D eigenvalue weighted by Gasteiger charge is -2.16. The van der Waals surface area contributed by atoms with Crippen LogP contribution in [-0.4, -0.2) is 39.9 Å². The van der Waals surface area contributed by atoms with E-state index >= 15 is 0 Å². The zero-order valence-corrected chi connectivity index (χ0v) is 12.0. The van der Waals surface area contributed by atoms with Crippen molar-refractivity contribution < 1.29 is 0 Å². The molecule has 2 aromatic rings. The Morgan fingerprint density at radius 1 is 1.10 bits per heavy atom. The van der Waals surface area contributed by atoms with Gasteiger partial charge in [0.25, 0.3) is 0 Å². The molecule has 1 saturated heterocycles. The molecule has 0 aliphatic carbocycles. The van der Waals surface area contributed by atoms with Gasteiger partial charge in [0.05, 0.1) is 5.69 Å². The fourth-order valence-corrected chi connectivity index (χ4v) is 2.24. The van der Waals surface area contributed by atoms with Gasteiger partial charge < -0.3 is 16.4 Å². The lowest BCUT2D eigenvalue weighted by Crippen LogP contribution is -2.19. The van der Waals surface area contributed by atoms with Gasteiger partial charge in [-0.3, -0.25) is 4.68 Å². The van der Waals surface area contributed by atoms with Crippen LogP contribution in [0, 0.1) is 0 Å². The zero-order chi connectivity index (χ0) is 14.5. The van der Waals surface area contributed by atoms with Crippen molar-refractivity contribution in [2.45, 2.75) is 12.8 Å². The summed E-state index contributed by atoms with van der Waals surface area (Å²) in [5.74, 6) is 1.21. The third-order valence-electron chi connectivity index (χ3n) is 3.14. The molecule has 108 valence electrons. The lowest BCUT2D eigenvalue weighted by molar-refractivity contribution is 0.769. The number of rotatable bonds is 2. The second-order valence-electron chi connectivity index (χ2n) is 4.54. The summed E-state index contributed by atoms with van der Waals surface area (Å²) >= 11 is 0. The molecule has 7 nitrogen and oxygen atoms in total. The Bertz CT molecular complexity index is 558. The number of aryl methyl sites for hydroxylation is 1. The van der Waals surface area contributed by atoms with Crippen molar-refractivity contribution in [3.8, 4) is 11.4 Å². The molecule has 2 aromatic heterocycles. The van der Waals surface area contributed by atoms with Crippen LogP contribution in [0.15, 0.2) is 18.3 Å². The summed E-state index contributed by atoms with van der Waals surface area (Å²) in [6.45, 7) is 2.08. The van der Waals surface area contributed by atoms with Gasteiger partial charge in [0.15, 0.2) is 0 Å². The minimum atomic E-state index is 0.306. The highest BCUT2D eigenvalue weighted by atomic mass is 15.3. The van der Waals surface area contributed by atoms with E-state index in [1.807, 2.05) is 25.4 Å². The van der Waals surface area contributed by atoms with E-state index in [-0.39, 0.29) is 0 Å². The fraction of sp³-hybridized carbons (Fsp3) is 0.462. The first-order chi connectivity index (χ1) is 9.72. The minimum Gasteiger partial charge on any atom is -0.368 e. The molecule has 1 aliphatic heterocycles. The van der Waals surface area contributed by atoms with Crippen LogP contribution >= 0.6 is 0 Å². The molecule has 0 unspecified atom stereocenters. The molecule has 0 aromatic carbocycles. The quantitative estimate of drug-likeness (QED) is 0.834. The van der Waals surface area contributed by atoms with Gasteiger partial charge in [0.2, 0.25) is 5.95 Å². The molecule has 4 N–H and O–H groups in total. The molecule has 0 atom stereocenters. The van der Waals surface area contributed by atoms with Crippen LogP contribution < -0.4 is 16.4 Å². The van der Waals surface area contributed by atoms with Crippen molar-refractivity contribution in [2.24, 2.45) is 12.8 Å². The molecule has 20 heavy (non-hydrogen) atoms. The summed E-state index contributed by atoms with van der Waals surface area (Å²) in [6, 6.07) is 3.89. The van der Waals surface area contributed by atoms with Gasteiger partial charge in [-0.25, -0.2) is 4.98 Å². The number of hydrogen-bond donors (Lipinski definition) is 2. The van der Waals surface area contributed by atoms with E-state index in [1.54, 1.807) is 4.68 Å². The summed E-state index contributed by atoms with van der Waals surface area (Å²) in [5.41, 5.74) is 11.9. The predicted molar refractivity (Wildman–Crippen MR) is 80.2 cm³/mol. The third-order valence-corrected chi connectivity index (χ3v) is 3.14. The number of aromatic nitrogens is 4. The normalized spacial score (nSPS) is 14.1. The second kappa shape index (κ2) is 6.33. The van der Waals surface area contributed by atoms with E-state index in [0.29, 0.717) is 5.95 Å². The van der Waals surface area contributed by atoms with Crippen molar-refractivity contribution in [3.63, 3.8) is 0 Å². The second-order valence-corrected chi connectivity index (χ2v) is 4.54. The summed E-state index contributed by atoms with van der Waals surface area (Å²) in [7, 11) is 3.38. The first kappa shape index (κ1) is 14.3. The Hall–Kier alpha value is -2.15. The van der Waals surface area contributed by atoms with E-state index in [1.165, 1.54) is 19.9 Å². The molecular formula is C13H21N7. The van der Waals surface area contributed by atoms with E-state index in [9.17, 15) is 0 Å². The average molecular weight is 275 g/mol. The van der Waals surface area contributed by atoms with E-state index in [2.05, 4.69) is 25.7 Å². The zero-order valence-electron chi connectivity index (χ0n) is 12.0. The maximum Gasteiger partial charge on any atom is 0.222 e. The summed E-state index contributed by atoms with van der Waals surface area (Å²) in [6.07, 6.45) is 4.31. The molecule has 3 heterocycles. The Morgan fingerprint density at radius 2 is 1.80 bits per heavy atom. The van der Waals surface area contributed by atoms with Gasteiger partial charge in [0, 0.05) is 32.4 Å². The highest BCUT2D eigenvalue weighted by Crippen LogP contribution is 2.23. The number of nitrogen functional groups attached to an aromatic ring is 1. The highest BCUT2D eigenvalue weighted by Gasteiger charge is 2.16. The molecule has 0 spiro atoms. The highest BCUT2D eigenvalue weighted by molar-refractivity contribution is 5.61. The maximum atomic E-state index is 5.79. The molecule has 0 amide bonds. The van der Waals surface area contributed by atoms with Crippen LogP contribution in [0.5, 0.6) is 0 Å². The van der Waals surface area contributed by atoms with Gasteiger partial charge in [-0.2, -0.15) is 10.1 Å². The summed E-state index contributed by atoms with van der Waals surface area (Å²) < 4.78 is 1.75. The van der Waals surface area contributed by atoms with Gasteiger partial charge >= 0.3 is 0 Å². The van der Waals surface area contributed by atoms with Crippen molar-refractivity contribution in [3.05, 3.63) is 18.3 Å². The molecule has 1 aliphatic rings. The van der Waals surface area contributed by atoms with Gasteiger partial charge in [-0.05, 0) is 26.0 Å². The number of hydrogen-bond acceptors (Lipinski definition) is 6. The molecule has 0 radical (unpaired) electrons. The van der Waals surface area contributed by atoms with Crippen LogP contribution in [0.4, 0.5) is 11.8 Å². The molecular weight excluding hydrogens is 254 g/mol. The molecule has 0 saturated carbocycles. The standard InChI is InChI=1S/C12H16N6.CH5N/c1-17-7-4-9(16-17)10-8-11(15-12(13)14-10)18-5-2-3-6-18;1-2/h4,7-8H,2-3,5-6H2,1H3,(H2,13,14,15);2H2,1H3. The van der Waals surface area contributed by atoms with Crippen molar-refractivity contribution in [1.29, 1.82) is 0 Å². The number of nitrogens with zero attached hydrogens (tertiary/aromatic N) is 5. The number of anilines is 2. The first-order valence-electron chi connectivity index (χ1n) is 6.69. The van der Waals surface area contributed by atoms with Gasteiger partial charge in [-0.15, -0.1) is 0 Å². The van der Waals surface area contributed by atoms with Crippen LogP contribution in [0.2, 0.25) is 0 Å². The van der Waals surface area contributed by atoms with E-state index in [4.69, 9.17) is 5.73 Å². The summed E-state index contributed by atoms with van der Waals surface area (Å²) in [4.78, 5) is 10.8. The average Bonchev–Trinajstić information content (AvgIpc) is 3.11.